The minimum absolute atomic E-state index is 0.211. The average molecular weight is 717 g/mol. The van der Waals surface area contributed by atoms with Gasteiger partial charge in [-0.2, -0.15) is 0 Å². The molecule has 0 N–H and O–H groups in total. The molecule has 0 spiro atoms. The van der Waals surface area contributed by atoms with Gasteiger partial charge in [0.1, 0.15) is 5.69 Å². The second-order valence-corrected chi connectivity index (χ2v) is 15.7. The van der Waals surface area contributed by atoms with Gasteiger partial charge in [0.25, 0.3) is 0 Å². The standard InChI is InChI=1S/C52H36N4/c1-5-15-38-32(6-2)35-27-29-43-45(47(35)52(38,3)4)37-22-12-21-36-34-20-13-23-40-44(34)46-41(55(43)50(36)37)24-14-25-42(46)56(40)51-48(31-17-8-7-9-18-31)53-39-28-26-30-16-10-11-19-33(30)49(39)54-51/h5-29H,2H2,1,3-4H3/b15-5-. The summed E-state index contributed by atoms with van der Waals surface area (Å²) in [5, 5.41) is 9.73. The molecule has 7 aromatic carbocycles. The van der Waals surface area contributed by atoms with Crippen molar-refractivity contribution in [3.8, 4) is 17.1 Å². The zero-order valence-corrected chi connectivity index (χ0v) is 31.4. The Morgan fingerprint density at radius 1 is 0.607 bits per heavy atom. The molecule has 4 nitrogen and oxygen atoms in total. The van der Waals surface area contributed by atoms with Crippen LogP contribution in [0.1, 0.15) is 31.9 Å². The number of nitrogens with zero attached hydrogens (tertiary/aromatic N) is 4. The molecule has 0 bridgehead atoms. The smallest absolute Gasteiger partial charge is 0.165 e. The van der Waals surface area contributed by atoms with Crippen LogP contribution < -0.4 is 0 Å². The van der Waals surface area contributed by atoms with Gasteiger partial charge in [-0.3, -0.25) is 4.57 Å². The monoisotopic (exact) mass is 716 g/mol. The van der Waals surface area contributed by atoms with Gasteiger partial charge in [-0.1, -0.05) is 142 Å². The molecule has 0 amide bonds. The SMILES string of the molecule is C=CC1=C(/C=C\C)C(C)(C)c2c1ccc1c2c2cccc3c4cccc5c4c4c(cccc4n1c32)n5-c1nc2c(ccc3ccccc32)nc1-c1ccccc1. The maximum absolute atomic E-state index is 5.62. The first-order chi connectivity index (χ1) is 27.5. The molecule has 1 aliphatic carbocycles. The number of allylic oxidation sites excluding steroid dienone is 5. The van der Waals surface area contributed by atoms with Gasteiger partial charge in [0.05, 0.1) is 38.6 Å². The summed E-state index contributed by atoms with van der Waals surface area (Å²) in [5.74, 6) is 0.824. The Labute approximate surface area is 323 Å². The molecule has 0 saturated carbocycles. The van der Waals surface area contributed by atoms with Gasteiger partial charge >= 0.3 is 0 Å². The van der Waals surface area contributed by atoms with E-state index in [1.807, 2.05) is 6.08 Å². The van der Waals surface area contributed by atoms with Crippen molar-refractivity contribution in [2.75, 3.05) is 0 Å². The number of hydrogen-bond donors (Lipinski definition) is 0. The molecule has 4 heterocycles. The summed E-state index contributed by atoms with van der Waals surface area (Å²) in [4.78, 5) is 11.0. The van der Waals surface area contributed by atoms with E-state index in [1.54, 1.807) is 0 Å². The van der Waals surface area contributed by atoms with Gasteiger partial charge in [-0.25, -0.2) is 9.97 Å². The number of aromatic nitrogens is 4. The third-order valence-electron chi connectivity index (χ3n) is 12.5. The maximum Gasteiger partial charge on any atom is 0.165 e. The molecule has 56 heavy (non-hydrogen) atoms. The molecule has 12 rings (SSSR count). The molecule has 11 aromatic rings. The lowest BCUT2D eigenvalue weighted by Crippen LogP contribution is -2.16. The number of fused-ring (bicyclic) bond motifs is 10. The third kappa shape index (κ3) is 3.83. The van der Waals surface area contributed by atoms with Crippen LogP contribution in [0.5, 0.6) is 0 Å². The lowest BCUT2D eigenvalue weighted by atomic mass is 9.79. The summed E-state index contributed by atoms with van der Waals surface area (Å²) in [5.41, 5.74) is 14.5. The van der Waals surface area contributed by atoms with E-state index in [4.69, 9.17) is 9.97 Å². The van der Waals surface area contributed by atoms with E-state index in [1.165, 1.54) is 71.1 Å². The number of hydrogen-bond acceptors (Lipinski definition) is 2. The van der Waals surface area contributed by atoms with Crippen LogP contribution in [0, 0.1) is 0 Å². The first-order valence-corrected chi connectivity index (χ1v) is 19.4. The van der Waals surface area contributed by atoms with Crippen molar-refractivity contribution in [3.05, 3.63) is 175 Å². The van der Waals surface area contributed by atoms with Crippen molar-refractivity contribution in [3.63, 3.8) is 0 Å². The Morgan fingerprint density at radius 3 is 2.14 bits per heavy atom. The molecular formula is C52H36N4. The maximum atomic E-state index is 5.62. The normalized spacial score (nSPS) is 14.4. The highest BCUT2D eigenvalue weighted by Gasteiger charge is 2.38. The number of benzene rings is 7. The highest BCUT2D eigenvalue weighted by molar-refractivity contribution is 6.32. The van der Waals surface area contributed by atoms with Gasteiger partial charge in [0.15, 0.2) is 5.82 Å². The van der Waals surface area contributed by atoms with E-state index in [-0.39, 0.29) is 5.41 Å². The van der Waals surface area contributed by atoms with Crippen molar-refractivity contribution < 1.29 is 0 Å². The van der Waals surface area contributed by atoms with Crippen LogP contribution in [0.25, 0.3) is 104 Å². The van der Waals surface area contributed by atoms with Crippen LogP contribution in [0.15, 0.2) is 164 Å². The molecule has 0 fully saturated rings. The molecule has 4 heteroatoms. The van der Waals surface area contributed by atoms with Crippen LogP contribution in [-0.4, -0.2) is 18.9 Å². The Bertz CT molecular complexity index is 3570. The Morgan fingerprint density at radius 2 is 1.30 bits per heavy atom. The van der Waals surface area contributed by atoms with E-state index in [2.05, 4.69) is 182 Å². The molecule has 4 aromatic heterocycles. The minimum Gasteiger partial charge on any atom is -0.308 e. The zero-order valence-electron chi connectivity index (χ0n) is 31.4. The molecule has 0 unspecified atom stereocenters. The minimum atomic E-state index is -0.211. The molecule has 0 radical (unpaired) electrons. The Kier molecular flexibility index (Phi) is 6.16. The molecule has 0 saturated heterocycles. The van der Waals surface area contributed by atoms with Gasteiger partial charge in [-0.15, -0.1) is 0 Å². The van der Waals surface area contributed by atoms with E-state index in [0.29, 0.717) is 0 Å². The fourth-order valence-electron chi connectivity index (χ4n) is 10.3. The first-order valence-electron chi connectivity index (χ1n) is 19.4. The number of para-hydroxylation sites is 1. The van der Waals surface area contributed by atoms with Crippen LogP contribution >= 0.6 is 0 Å². The molecular weight excluding hydrogens is 681 g/mol. The highest BCUT2D eigenvalue weighted by Crippen LogP contribution is 2.53. The average Bonchev–Trinajstić information content (AvgIpc) is 3.79. The zero-order chi connectivity index (χ0) is 37.4. The largest absolute Gasteiger partial charge is 0.308 e. The van der Waals surface area contributed by atoms with Crippen LogP contribution in [0.4, 0.5) is 0 Å². The molecule has 1 aliphatic rings. The van der Waals surface area contributed by atoms with Crippen molar-refractivity contribution >= 4 is 87.3 Å². The fraction of sp³-hybridized carbons (Fsp3) is 0.0769. The van der Waals surface area contributed by atoms with E-state index in [9.17, 15) is 0 Å². The fourth-order valence-corrected chi connectivity index (χ4v) is 10.3. The molecule has 0 aliphatic heterocycles. The van der Waals surface area contributed by atoms with Crippen molar-refractivity contribution in [1.82, 2.24) is 18.9 Å². The van der Waals surface area contributed by atoms with Crippen molar-refractivity contribution in [2.24, 2.45) is 0 Å². The molecule has 264 valence electrons. The molecule has 0 atom stereocenters. The topological polar surface area (TPSA) is 35.1 Å². The van der Waals surface area contributed by atoms with E-state index < -0.39 is 0 Å². The quantitative estimate of drug-likeness (QED) is 0.170. The van der Waals surface area contributed by atoms with Crippen LogP contribution in [0.3, 0.4) is 0 Å². The second kappa shape index (κ2) is 11.0. The Balaban J connectivity index is 1.28. The third-order valence-corrected chi connectivity index (χ3v) is 12.5. The summed E-state index contributed by atoms with van der Waals surface area (Å²) in [7, 11) is 0. The predicted molar refractivity (Wildman–Crippen MR) is 236 cm³/mol. The highest BCUT2D eigenvalue weighted by atomic mass is 15.1. The predicted octanol–water partition coefficient (Wildman–Crippen LogP) is 13.5. The lowest BCUT2D eigenvalue weighted by molar-refractivity contribution is 0.660. The summed E-state index contributed by atoms with van der Waals surface area (Å²) < 4.78 is 4.91. The van der Waals surface area contributed by atoms with Gasteiger partial charge in [0.2, 0.25) is 0 Å². The second-order valence-electron chi connectivity index (χ2n) is 15.7. The van der Waals surface area contributed by atoms with Crippen molar-refractivity contribution in [1.29, 1.82) is 0 Å². The van der Waals surface area contributed by atoms with E-state index in [0.717, 1.165) is 49.9 Å². The number of rotatable bonds is 4. The van der Waals surface area contributed by atoms with Gasteiger partial charge < -0.3 is 4.40 Å². The van der Waals surface area contributed by atoms with Crippen molar-refractivity contribution in [2.45, 2.75) is 26.2 Å². The summed E-state index contributed by atoms with van der Waals surface area (Å²) in [6, 6.07) is 48.3. The van der Waals surface area contributed by atoms with Crippen LogP contribution in [0.2, 0.25) is 0 Å². The van der Waals surface area contributed by atoms with Crippen LogP contribution in [-0.2, 0) is 5.41 Å². The first kappa shape index (κ1) is 31.3. The Hall–Kier alpha value is -7.04. The van der Waals surface area contributed by atoms with Gasteiger partial charge in [-0.05, 0) is 70.3 Å². The summed E-state index contributed by atoms with van der Waals surface area (Å²) in [6.45, 7) is 11.1. The lowest BCUT2D eigenvalue weighted by Gasteiger charge is -2.24. The van der Waals surface area contributed by atoms with Gasteiger partial charge in [0, 0.05) is 43.3 Å². The summed E-state index contributed by atoms with van der Waals surface area (Å²) >= 11 is 0. The van der Waals surface area contributed by atoms with E-state index >= 15 is 0 Å². The summed E-state index contributed by atoms with van der Waals surface area (Å²) in [6.07, 6.45) is 6.47.